The number of fused-ring (bicyclic) bond motifs is 1. The molecule has 3 rings (SSSR count). The van der Waals surface area contributed by atoms with Crippen molar-refractivity contribution in [2.24, 2.45) is 5.73 Å². The predicted octanol–water partition coefficient (Wildman–Crippen LogP) is 0.895. The summed E-state index contributed by atoms with van der Waals surface area (Å²) in [7, 11) is 0. The summed E-state index contributed by atoms with van der Waals surface area (Å²) in [5.41, 5.74) is 8.80. The van der Waals surface area contributed by atoms with E-state index in [1.54, 1.807) is 0 Å². The fourth-order valence-electron chi connectivity index (χ4n) is 3.22. The summed E-state index contributed by atoms with van der Waals surface area (Å²) in [6.45, 7) is 2.01. The van der Waals surface area contributed by atoms with Crippen LogP contribution in [0.4, 0.5) is 0 Å². The smallest absolute Gasteiger partial charge is 0.0710 e. The van der Waals surface area contributed by atoms with E-state index in [4.69, 9.17) is 5.73 Å². The molecule has 0 bridgehead atoms. The van der Waals surface area contributed by atoms with Gasteiger partial charge in [-0.1, -0.05) is 24.3 Å². The SMILES string of the molecule is NC1C[C@H](O)[C@@H](N2CCc3ccccc3C2)C1. The summed E-state index contributed by atoms with van der Waals surface area (Å²) in [5, 5.41) is 10.0. The zero-order valence-electron chi connectivity index (χ0n) is 10.0. The van der Waals surface area contributed by atoms with Crippen molar-refractivity contribution >= 4 is 0 Å². The number of nitrogens with zero attached hydrogens (tertiary/aromatic N) is 1. The standard InChI is InChI=1S/C14H20N2O/c15-12-7-13(14(17)8-12)16-6-5-10-3-1-2-4-11(10)9-16/h1-4,12-14,17H,5-9,15H2/t12?,13-,14-/m0/s1. The van der Waals surface area contributed by atoms with Crippen LogP contribution in [-0.4, -0.2) is 34.7 Å². The van der Waals surface area contributed by atoms with Gasteiger partial charge in [0.2, 0.25) is 0 Å². The van der Waals surface area contributed by atoms with Crippen LogP contribution in [0.5, 0.6) is 0 Å². The van der Waals surface area contributed by atoms with Crippen molar-refractivity contribution in [1.82, 2.24) is 4.90 Å². The molecule has 0 aromatic heterocycles. The Kier molecular flexibility index (Phi) is 2.90. The number of benzene rings is 1. The molecule has 1 aromatic carbocycles. The monoisotopic (exact) mass is 232 g/mol. The van der Waals surface area contributed by atoms with Gasteiger partial charge < -0.3 is 10.8 Å². The van der Waals surface area contributed by atoms with E-state index in [2.05, 4.69) is 29.2 Å². The summed E-state index contributed by atoms with van der Waals surface area (Å²) in [6.07, 6.45) is 2.54. The van der Waals surface area contributed by atoms with Crippen LogP contribution in [0.15, 0.2) is 24.3 Å². The lowest BCUT2D eigenvalue weighted by Crippen LogP contribution is -2.43. The highest BCUT2D eigenvalue weighted by atomic mass is 16.3. The molecule has 3 atom stereocenters. The van der Waals surface area contributed by atoms with Crippen molar-refractivity contribution in [3.63, 3.8) is 0 Å². The van der Waals surface area contributed by atoms with E-state index in [1.807, 2.05) is 0 Å². The first-order valence-electron chi connectivity index (χ1n) is 6.48. The Balaban J connectivity index is 1.76. The first-order chi connectivity index (χ1) is 8.24. The quantitative estimate of drug-likeness (QED) is 0.756. The molecule has 3 heteroatoms. The molecule has 1 aliphatic carbocycles. The molecule has 1 aliphatic heterocycles. The molecule has 92 valence electrons. The molecule has 0 saturated heterocycles. The van der Waals surface area contributed by atoms with Gasteiger partial charge in [-0.25, -0.2) is 0 Å². The van der Waals surface area contributed by atoms with Crippen LogP contribution in [0.2, 0.25) is 0 Å². The molecule has 1 fully saturated rings. The third-order valence-corrected chi connectivity index (χ3v) is 4.16. The Morgan fingerprint density at radius 3 is 2.65 bits per heavy atom. The van der Waals surface area contributed by atoms with Crippen LogP contribution in [-0.2, 0) is 13.0 Å². The van der Waals surface area contributed by atoms with Crippen LogP contribution in [0.3, 0.4) is 0 Å². The van der Waals surface area contributed by atoms with Gasteiger partial charge in [-0.15, -0.1) is 0 Å². The van der Waals surface area contributed by atoms with E-state index in [9.17, 15) is 5.11 Å². The lowest BCUT2D eigenvalue weighted by atomic mass is 9.98. The summed E-state index contributed by atoms with van der Waals surface area (Å²) in [5.74, 6) is 0. The van der Waals surface area contributed by atoms with E-state index in [0.717, 1.165) is 32.4 Å². The van der Waals surface area contributed by atoms with Crippen LogP contribution in [0.1, 0.15) is 24.0 Å². The maximum absolute atomic E-state index is 10.0. The lowest BCUT2D eigenvalue weighted by molar-refractivity contribution is 0.0626. The second-order valence-electron chi connectivity index (χ2n) is 5.36. The zero-order chi connectivity index (χ0) is 11.8. The molecule has 0 spiro atoms. The second-order valence-corrected chi connectivity index (χ2v) is 5.36. The molecule has 1 saturated carbocycles. The number of hydrogen-bond donors (Lipinski definition) is 2. The third kappa shape index (κ3) is 2.10. The van der Waals surface area contributed by atoms with E-state index < -0.39 is 0 Å². The minimum Gasteiger partial charge on any atom is -0.391 e. The largest absolute Gasteiger partial charge is 0.391 e. The molecule has 2 aliphatic rings. The molecule has 3 nitrogen and oxygen atoms in total. The molecule has 1 heterocycles. The van der Waals surface area contributed by atoms with Crippen LogP contribution < -0.4 is 5.73 Å². The van der Waals surface area contributed by atoms with Crippen LogP contribution in [0, 0.1) is 0 Å². The van der Waals surface area contributed by atoms with Crippen molar-refractivity contribution in [3.05, 3.63) is 35.4 Å². The molecule has 1 aromatic rings. The van der Waals surface area contributed by atoms with Gasteiger partial charge >= 0.3 is 0 Å². The Morgan fingerprint density at radius 2 is 1.94 bits per heavy atom. The number of nitrogens with two attached hydrogens (primary N) is 1. The molecule has 3 N–H and O–H groups in total. The Bertz CT molecular complexity index is 407. The van der Waals surface area contributed by atoms with Gasteiger partial charge in [0, 0.05) is 25.2 Å². The van der Waals surface area contributed by atoms with Gasteiger partial charge in [0.15, 0.2) is 0 Å². The van der Waals surface area contributed by atoms with Crippen LogP contribution in [0.25, 0.3) is 0 Å². The molecule has 0 radical (unpaired) electrons. The number of aliphatic hydroxyl groups is 1. The topological polar surface area (TPSA) is 49.5 Å². The van der Waals surface area contributed by atoms with Gasteiger partial charge in [0.25, 0.3) is 0 Å². The van der Waals surface area contributed by atoms with Crippen molar-refractivity contribution in [2.45, 2.75) is 44.0 Å². The van der Waals surface area contributed by atoms with Gasteiger partial charge in [0.1, 0.15) is 0 Å². The fourth-order valence-corrected chi connectivity index (χ4v) is 3.22. The van der Waals surface area contributed by atoms with Crippen molar-refractivity contribution < 1.29 is 5.11 Å². The minimum absolute atomic E-state index is 0.173. The van der Waals surface area contributed by atoms with Gasteiger partial charge in [0.05, 0.1) is 6.10 Å². The molecule has 1 unspecified atom stereocenters. The van der Waals surface area contributed by atoms with Crippen molar-refractivity contribution in [2.75, 3.05) is 6.54 Å². The van der Waals surface area contributed by atoms with Gasteiger partial charge in [-0.3, -0.25) is 4.90 Å². The predicted molar refractivity (Wildman–Crippen MR) is 67.6 cm³/mol. The highest BCUT2D eigenvalue weighted by Gasteiger charge is 2.36. The average molecular weight is 232 g/mol. The Labute approximate surface area is 102 Å². The summed E-state index contributed by atoms with van der Waals surface area (Å²) in [6, 6.07) is 9.05. The van der Waals surface area contributed by atoms with E-state index >= 15 is 0 Å². The van der Waals surface area contributed by atoms with E-state index in [0.29, 0.717) is 0 Å². The number of rotatable bonds is 1. The average Bonchev–Trinajstić information content (AvgIpc) is 2.68. The minimum atomic E-state index is -0.240. The van der Waals surface area contributed by atoms with E-state index in [-0.39, 0.29) is 18.2 Å². The lowest BCUT2D eigenvalue weighted by Gasteiger charge is -2.35. The first kappa shape index (κ1) is 11.2. The number of hydrogen-bond acceptors (Lipinski definition) is 3. The highest BCUT2D eigenvalue weighted by molar-refractivity contribution is 5.29. The second kappa shape index (κ2) is 4.41. The van der Waals surface area contributed by atoms with Gasteiger partial charge in [-0.2, -0.15) is 0 Å². The normalized spacial score (nSPS) is 33.6. The molecule has 0 amide bonds. The maximum atomic E-state index is 10.0. The zero-order valence-corrected chi connectivity index (χ0v) is 10.0. The summed E-state index contributed by atoms with van der Waals surface area (Å²) < 4.78 is 0. The van der Waals surface area contributed by atoms with Crippen molar-refractivity contribution in [3.8, 4) is 0 Å². The van der Waals surface area contributed by atoms with Gasteiger partial charge in [-0.05, 0) is 30.4 Å². The number of aliphatic hydroxyl groups excluding tert-OH is 1. The Morgan fingerprint density at radius 1 is 1.18 bits per heavy atom. The molecular formula is C14H20N2O. The third-order valence-electron chi connectivity index (χ3n) is 4.16. The fraction of sp³-hybridized carbons (Fsp3) is 0.571. The first-order valence-corrected chi connectivity index (χ1v) is 6.48. The highest BCUT2D eigenvalue weighted by Crippen LogP contribution is 2.28. The van der Waals surface area contributed by atoms with Crippen LogP contribution >= 0.6 is 0 Å². The summed E-state index contributed by atoms with van der Waals surface area (Å²) in [4.78, 5) is 2.40. The molecular weight excluding hydrogens is 212 g/mol. The summed E-state index contributed by atoms with van der Waals surface area (Å²) >= 11 is 0. The molecule has 17 heavy (non-hydrogen) atoms. The Hall–Kier alpha value is -0.900. The van der Waals surface area contributed by atoms with E-state index in [1.165, 1.54) is 11.1 Å². The van der Waals surface area contributed by atoms with Crippen molar-refractivity contribution in [1.29, 1.82) is 0 Å². The maximum Gasteiger partial charge on any atom is 0.0710 e.